The van der Waals surface area contributed by atoms with Crippen LogP contribution >= 0.6 is 46.4 Å². The van der Waals surface area contributed by atoms with E-state index in [0.717, 1.165) is 0 Å². The largest absolute Gasteiger partial charge is 0.452 e. The molecule has 2 aromatic rings. The van der Waals surface area contributed by atoms with Crippen LogP contribution in [0.3, 0.4) is 0 Å². The number of nitrogens with one attached hydrogen (secondary N) is 1. The fraction of sp³-hybridized carbons (Fsp3) is 0.267. The first-order valence-electron chi connectivity index (χ1n) is 7.01. The minimum atomic E-state index is -0.716. The Morgan fingerprint density at radius 3 is 2.36 bits per heavy atom. The van der Waals surface area contributed by atoms with Crippen LogP contribution in [0, 0.1) is 6.92 Å². The van der Waals surface area contributed by atoms with Crippen LogP contribution < -0.4 is 5.32 Å². The summed E-state index contributed by atoms with van der Waals surface area (Å²) in [6, 6.07) is 1.35. The van der Waals surface area contributed by atoms with Crippen molar-refractivity contribution in [3.63, 3.8) is 0 Å². The Bertz CT molecular complexity index is 809. The van der Waals surface area contributed by atoms with Crippen LogP contribution in [0.2, 0.25) is 20.1 Å². The monoisotopic (exact) mass is 424 g/mol. The Morgan fingerprint density at radius 1 is 1.20 bits per heavy atom. The number of hydrogen-bond acceptors (Lipinski definition) is 5. The molecule has 1 heterocycles. The molecule has 0 atom stereocenters. The molecule has 0 unspecified atom stereocenters. The van der Waals surface area contributed by atoms with Gasteiger partial charge in [0.1, 0.15) is 11.3 Å². The third-order valence-corrected chi connectivity index (χ3v) is 4.76. The first-order valence-corrected chi connectivity index (χ1v) is 8.52. The van der Waals surface area contributed by atoms with Crippen LogP contribution in [0.4, 0.5) is 5.69 Å². The first kappa shape index (κ1) is 19.8. The maximum atomic E-state index is 12.1. The third kappa shape index (κ3) is 4.39. The van der Waals surface area contributed by atoms with Crippen molar-refractivity contribution in [1.82, 2.24) is 5.16 Å². The molecule has 10 heteroatoms. The minimum absolute atomic E-state index is 0.0268. The Hall–Kier alpha value is -1.47. The second kappa shape index (κ2) is 8.27. The zero-order valence-corrected chi connectivity index (χ0v) is 16.1. The van der Waals surface area contributed by atoms with Crippen molar-refractivity contribution in [3.05, 3.63) is 43.2 Å². The number of aromatic nitrogens is 1. The van der Waals surface area contributed by atoms with Crippen molar-refractivity contribution in [3.8, 4) is 0 Å². The molecule has 0 aliphatic heterocycles. The summed E-state index contributed by atoms with van der Waals surface area (Å²) in [4.78, 5) is 24.1. The number of esters is 1. The summed E-state index contributed by atoms with van der Waals surface area (Å²) in [5.41, 5.74) is 0.699. The zero-order valence-electron chi connectivity index (χ0n) is 13.1. The molecule has 0 spiro atoms. The molecule has 0 radical (unpaired) electrons. The molecule has 0 bridgehead atoms. The average Bonchev–Trinajstić information content (AvgIpc) is 2.95. The standard InChI is InChI=1S/C15H12Cl4N2O4/c1-3-9-11(6(2)25-21-9)15(23)24-5-10(22)20-14-12(18)7(16)4-8(17)13(14)19/h4H,3,5H2,1-2H3,(H,20,22). The molecule has 6 nitrogen and oxygen atoms in total. The van der Waals surface area contributed by atoms with Gasteiger partial charge in [-0.3, -0.25) is 4.79 Å². The summed E-state index contributed by atoms with van der Waals surface area (Å²) in [5.74, 6) is -1.07. The fourth-order valence-corrected chi connectivity index (χ4v) is 2.89. The summed E-state index contributed by atoms with van der Waals surface area (Å²) >= 11 is 23.8. The maximum Gasteiger partial charge on any atom is 0.344 e. The number of halogens is 4. The van der Waals surface area contributed by atoms with Gasteiger partial charge in [0.25, 0.3) is 5.91 Å². The number of carbonyl (C=O) groups is 2. The Balaban J connectivity index is 2.07. The lowest BCUT2D eigenvalue weighted by Gasteiger charge is -2.12. The highest BCUT2D eigenvalue weighted by molar-refractivity contribution is 6.50. The van der Waals surface area contributed by atoms with E-state index in [9.17, 15) is 9.59 Å². The SMILES string of the molecule is CCc1noc(C)c1C(=O)OCC(=O)Nc1c(Cl)c(Cl)cc(Cl)c1Cl. The first-order chi connectivity index (χ1) is 11.8. The quantitative estimate of drug-likeness (QED) is 0.541. The molecule has 1 aromatic heterocycles. The number of anilines is 1. The van der Waals surface area contributed by atoms with Crippen LogP contribution in [-0.2, 0) is 16.0 Å². The number of ether oxygens (including phenoxy) is 1. The van der Waals surface area contributed by atoms with Crippen LogP contribution in [0.15, 0.2) is 10.6 Å². The van der Waals surface area contributed by atoms with Gasteiger partial charge >= 0.3 is 5.97 Å². The molecule has 134 valence electrons. The molecule has 0 aliphatic carbocycles. The van der Waals surface area contributed by atoms with Crippen LogP contribution in [0.5, 0.6) is 0 Å². The molecule has 1 N–H and O–H groups in total. The highest BCUT2D eigenvalue weighted by Gasteiger charge is 2.22. The van der Waals surface area contributed by atoms with E-state index >= 15 is 0 Å². The van der Waals surface area contributed by atoms with Gasteiger partial charge in [-0.15, -0.1) is 0 Å². The number of nitrogens with zero attached hydrogens (tertiary/aromatic N) is 1. The lowest BCUT2D eigenvalue weighted by atomic mass is 10.1. The molecular formula is C15H12Cl4N2O4. The Morgan fingerprint density at radius 2 is 1.80 bits per heavy atom. The highest BCUT2D eigenvalue weighted by atomic mass is 35.5. The predicted octanol–water partition coefficient (Wildman–Crippen LogP) is 4.95. The third-order valence-electron chi connectivity index (χ3n) is 3.18. The number of carbonyl (C=O) groups excluding carboxylic acids is 2. The Kier molecular flexibility index (Phi) is 6.57. The summed E-state index contributed by atoms with van der Waals surface area (Å²) in [7, 11) is 0. The zero-order chi connectivity index (χ0) is 18.7. The number of aryl methyl sites for hydroxylation is 2. The number of hydrogen-bond donors (Lipinski definition) is 1. The van der Waals surface area contributed by atoms with Crippen molar-refractivity contribution in [2.24, 2.45) is 0 Å². The number of amides is 1. The topological polar surface area (TPSA) is 81.4 Å². The van der Waals surface area contributed by atoms with Crippen LogP contribution in [-0.4, -0.2) is 23.6 Å². The smallest absolute Gasteiger partial charge is 0.344 e. The molecule has 25 heavy (non-hydrogen) atoms. The van der Waals surface area contributed by atoms with E-state index in [1.807, 2.05) is 6.92 Å². The number of benzene rings is 1. The second-order valence-corrected chi connectivity index (χ2v) is 6.45. The van der Waals surface area contributed by atoms with Crippen molar-refractivity contribution in [2.45, 2.75) is 20.3 Å². The van der Waals surface area contributed by atoms with Gasteiger partial charge < -0.3 is 14.6 Å². The van der Waals surface area contributed by atoms with E-state index < -0.39 is 18.5 Å². The van der Waals surface area contributed by atoms with E-state index in [-0.39, 0.29) is 31.3 Å². The minimum Gasteiger partial charge on any atom is -0.452 e. The molecule has 1 amide bonds. The highest BCUT2D eigenvalue weighted by Crippen LogP contribution is 2.40. The Labute approximate surface area is 163 Å². The normalized spacial score (nSPS) is 10.6. The van der Waals surface area contributed by atoms with Crippen molar-refractivity contribution < 1.29 is 18.8 Å². The van der Waals surface area contributed by atoms with E-state index in [2.05, 4.69) is 10.5 Å². The van der Waals surface area contributed by atoms with Gasteiger partial charge in [-0.1, -0.05) is 58.5 Å². The molecule has 0 saturated heterocycles. The van der Waals surface area contributed by atoms with Gasteiger partial charge in [0.2, 0.25) is 0 Å². The van der Waals surface area contributed by atoms with Crippen molar-refractivity contribution >= 4 is 64.0 Å². The second-order valence-electron chi connectivity index (χ2n) is 4.88. The molecule has 0 saturated carbocycles. The molecular weight excluding hydrogens is 414 g/mol. The van der Waals surface area contributed by atoms with E-state index in [1.165, 1.54) is 6.07 Å². The van der Waals surface area contributed by atoms with Crippen LogP contribution in [0.1, 0.15) is 28.7 Å². The van der Waals surface area contributed by atoms with Gasteiger partial charge in [-0.2, -0.15) is 0 Å². The summed E-state index contributed by atoms with van der Waals surface area (Å²) in [5, 5.41) is 6.46. The van der Waals surface area contributed by atoms with Gasteiger partial charge in [0.05, 0.1) is 31.5 Å². The molecule has 1 aromatic carbocycles. The predicted molar refractivity (Wildman–Crippen MR) is 96.0 cm³/mol. The summed E-state index contributed by atoms with van der Waals surface area (Å²) in [6.07, 6.45) is 0.486. The summed E-state index contributed by atoms with van der Waals surface area (Å²) in [6.45, 7) is 2.83. The average molecular weight is 426 g/mol. The van der Waals surface area contributed by atoms with Gasteiger partial charge in [0, 0.05) is 0 Å². The maximum absolute atomic E-state index is 12.1. The van der Waals surface area contributed by atoms with E-state index in [1.54, 1.807) is 6.92 Å². The molecule has 2 rings (SSSR count). The summed E-state index contributed by atoms with van der Waals surface area (Å²) < 4.78 is 9.93. The van der Waals surface area contributed by atoms with Gasteiger partial charge in [-0.05, 0) is 19.4 Å². The molecule has 0 fully saturated rings. The van der Waals surface area contributed by atoms with Crippen LogP contribution in [0.25, 0.3) is 0 Å². The lowest BCUT2D eigenvalue weighted by Crippen LogP contribution is -2.22. The van der Waals surface area contributed by atoms with Crippen molar-refractivity contribution in [2.75, 3.05) is 11.9 Å². The van der Waals surface area contributed by atoms with Crippen molar-refractivity contribution in [1.29, 1.82) is 0 Å². The van der Waals surface area contributed by atoms with Gasteiger partial charge in [0.15, 0.2) is 6.61 Å². The van der Waals surface area contributed by atoms with E-state index in [0.29, 0.717) is 17.9 Å². The molecule has 0 aliphatic rings. The lowest BCUT2D eigenvalue weighted by molar-refractivity contribution is -0.119. The van der Waals surface area contributed by atoms with E-state index in [4.69, 9.17) is 55.7 Å². The van der Waals surface area contributed by atoms with Gasteiger partial charge in [-0.25, -0.2) is 4.79 Å². The number of rotatable bonds is 5. The fourth-order valence-electron chi connectivity index (χ4n) is 1.98.